The van der Waals surface area contributed by atoms with E-state index in [1.54, 1.807) is 0 Å². The average Bonchev–Trinajstić information content (AvgIpc) is 2.41. The molecule has 25 heavy (non-hydrogen) atoms. The summed E-state index contributed by atoms with van der Waals surface area (Å²) < 4.78 is 118. The Labute approximate surface area is 132 Å². The van der Waals surface area contributed by atoms with Gasteiger partial charge in [-0.2, -0.15) is 26.3 Å². The van der Waals surface area contributed by atoms with Gasteiger partial charge in [-0.05, 0) is 6.07 Å². The van der Waals surface area contributed by atoms with Crippen LogP contribution >= 0.6 is 0 Å². The molecule has 0 radical (unpaired) electrons. The maximum atomic E-state index is 12.4. The fourth-order valence-corrected chi connectivity index (χ4v) is 1.49. The summed E-state index contributed by atoms with van der Waals surface area (Å²) in [5.41, 5.74) is -6.51. The molecule has 13 heteroatoms. The molecule has 4 nitrogen and oxygen atoms in total. The number of benzene rings is 1. The van der Waals surface area contributed by atoms with Gasteiger partial charge in [0.2, 0.25) is 0 Å². The molecule has 0 unspecified atom stereocenters. The van der Waals surface area contributed by atoms with E-state index in [9.17, 15) is 44.3 Å². The van der Waals surface area contributed by atoms with E-state index < -0.39 is 48.2 Å². The number of carbonyl (C=O) groups is 1. The van der Waals surface area contributed by atoms with E-state index in [0.717, 1.165) is 18.2 Å². The summed E-state index contributed by atoms with van der Waals surface area (Å²) >= 11 is 0. The molecule has 0 aliphatic rings. The molecule has 0 aliphatic carbocycles. The molecule has 0 aromatic heterocycles. The van der Waals surface area contributed by atoms with Crippen molar-refractivity contribution < 1.29 is 58.9 Å². The predicted molar refractivity (Wildman–Crippen MR) is 60.0 cm³/mol. The molecule has 0 atom stereocenters. The molecule has 0 bridgehead atoms. The molecule has 0 saturated heterocycles. The van der Waals surface area contributed by atoms with Crippen LogP contribution in [0.1, 0.15) is 5.56 Å². The largest absolute Gasteiger partial charge is 0.573 e. The monoisotopic (exact) mass is 386 g/mol. The van der Waals surface area contributed by atoms with Crippen LogP contribution < -0.4 is 4.74 Å². The Morgan fingerprint density at radius 2 is 1.40 bits per heavy atom. The van der Waals surface area contributed by atoms with Gasteiger partial charge in [0, 0.05) is 5.56 Å². The SMILES string of the molecule is O=C(OCc1ccccc1OC(F)(F)F)C(O)(C(F)(F)F)C(F)(F)F. The Balaban J connectivity index is 3.03. The molecule has 0 spiro atoms. The van der Waals surface area contributed by atoms with Crippen molar-refractivity contribution in [2.75, 3.05) is 0 Å². The molecule has 0 amide bonds. The normalized spacial score (nSPS) is 13.5. The van der Waals surface area contributed by atoms with Crippen molar-refractivity contribution in [1.29, 1.82) is 0 Å². The Bertz CT molecular complexity index is 604. The Kier molecular flexibility index (Phi) is 5.52. The van der Waals surface area contributed by atoms with Crippen LogP contribution in [0.2, 0.25) is 0 Å². The van der Waals surface area contributed by atoms with Crippen LogP contribution in [0.4, 0.5) is 39.5 Å². The van der Waals surface area contributed by atoms with Crippen molar-refractivity contribution in [2.24, 2.45) is 0 Å². The van der Waals surface area contributed by atoms with Crippen molar-refractivity contribution in [3.8, 4) is 5.75 Å². The van der Waals surface area contributed by atoms with Crippen LogP contribution in [0.5, 0.6) is 5.75 Å². The minimum atomic E-state index is -6.47. The van der Waals surface area contributed by atoms with Gasteiger partial charge in [0.1, 0.15) is 12.4 Å². The van der Waals surface area contributed by atoms with Gasteiger partial charge in [-0.15, -0.1) is 13.2 Å². The molecule has 0 aliphatic heterocycles. The highest BCUT2D eigenvalue weighted by Crippen LogP contribution is 2.44. The minimum absolute atomic E-state index is 0.681. The zero-order valence-corrected chi connectivity index (χ0v) is 11.6. The molecular weight excluding hydrogens is 379 g/mol. The van der Waals surface area contributed by atoms with Gasteiger partial charge in [-0.1, -0.05) is 18.2 Å². The standard InChI is InChI=1S/C12H7F9O4/c13-10(14,15)9(23,11(16,17)18)8(22)24-5-6-3-1-2-4-7(6)25-12(19,20)21/h1-4,23H,5H2. The number of halogens is 9. The van der Waals surface area contributed by atoms with Gasteiger partial charge >= 0.3 is 30.3 Å². The second-order valence-corrected chi connectivity index (χ2v) is 4.44. The van der Waals surface area contributed by atoms with Gasteiger partial charge in [-0.25, -0.2) is 4.79 Å². The molecular formula is C12H7F9O4. The fourth-order valence-electron chi connectivity index (χ4n) is 1.49. The lowest BCUT2D eigenvalue weighted by Crippen LogP contribution is -2.62. The van der Waals surface area contributed by atoms with E-state index in [4.69, 9.17) is 5.11 Å². The third kappa shape index (κ3) is 4.67. The summed E-state index contributed by atoms with van der Waals surface area (Å²) in [4.78, 5) is 11.2. The van der Waals surface area contributed by atoms with Crippen molar-refractivity contribution in [1.82, 2.24) is 0 Å². The molecule has 1 N–H and O–H groups in total. The van der Waals surface area contributed by atoms with Crippen LogP contribution in [-0.2, 0) is 16.1 Å². The van der Waals surface area contributed by atoms with E-state index in [0.29, 0.717) is 6.07 Å². The first-order valence-electron chi connectivity index (χ1n) is 5.96. The first kappa shape index (κ1) is 20.9. The van der Waals surface area contributed by atoms with E-state index in [1.807, 2.05) is 0 Å². The smallest absolute Gasteiger partial charge is 0.458 e. The van der Waals surface area contributed by atoms with Crippen molar-refractivity contribution in [3.63, 3.8) is 0 Å². The number of alkyl halides is 9. The van der Waals surface area contributed by atoms with Gasteiger partial charge in [0.05, 0.1) is 0 Å². The molecule has 0 fully saturated rings. The highest BCUT2D eigenvalue weighted by atomic mass is 19.4. The summed E-state index contributed by atoms with van der Waals surface area (Å²) in [6.45, 7) is -1.44. The molecule has 1 aromatic carbocycles. The molecule has 0 heterocycles. The number of hydrogen-bond donors (Lipinski definition) is 1. The van der Waals surface area contributed by atoms with Gasteiger partial charge < -0.3 is 14.6 Å². The van der Waals surface area contributed by atoms with Crippen LogP contribution in [0, 0.1) is 0 Å². The quantitative estimate of drug-likeness (QED) is 0.636. The lowest BCUT2D eigenvalue weighted by molar-refractivity contribution is -0.357. The summed E-state index contributed by atoms with van der Waals surface area (Å²) in [5, 5.41) is 8.75. The zero-order valence-electron chi connectivity index (χ0n) is 11.6. The zero-order chi connectivity index (χ0) is 19.7. The summed E-state index contributed by atoms with van der Waals surface area (Å²) in [7, 11) is 0. The topological polar surface area (TPSA) is 55.8 Å². The van der Waals surface area contributed by atoms with Crippen LogP contribution in [0.15, 0.2) is 24.3 Å². The van der Waals surface area contributed by atoms with Crippen molar-refractivity contribution in [3.05, 3.63) is 29.8 Å². The van der Waals surface area contributed by atoms with E-state index >= 15 is 0 Å². The van der Waals surface area contributed by atoms with Crippen molar-refractivity contribution >= 4 is 5.97 Å². The number of ether oxygens (including phenoxy) is 2. The number of hydrogen-bond acceptors (Lipinski definition) is 4. The molecule has 1 aromatic rings. The maximum absolute atomic E-state index is 12.4. The number of carbonyl (C=O) groups excluding carboxylic acids is 1. The lowest BCUT2D eigenvalue weighted by atomic mass is 10.0. The first-order valence-corrected chi connectivity index (χ1v) is 5.96. The number of rotatable bonds is 4. The average molecular weight is 386 g/mol. The van der Waals surface area contributed by atoms with E-state index in [-0.39, 0.29) is 0 Å². The summed E-state index contributed by atoms with van der Waals surface area (Å²) in [5.74, 6) is -4.15. The third-order valence-electron chi connectivity index (χ3n) is 2.67. The van der Waals surface area contributed by atoms with E-state index in [2.05, 4.69) is 9.47 Å². The maximum Gasteiger partial charge on any atom is 0.573 e. The molecule has 1 rings (SSSR count). The Morgan fingerprint density at radius 3 is 1.84 bits per heavy atom. The van der Waals surface area contributed by atoms with Crippen LogP contribution in [0.3, 0.4) is 0 Å². The molecule has 142 valence electrons. The Hall–Kier alpha value is -2.18. The van der Waals surface area contributed by atoms with Gasteiger partial charge in [-0.3, -0.25) is 0 Å². The number of para-hydroxylation sites is 1. The van der Waals surface area contributed by atoms with Gasteiger partial charge in [0.15, 0.2) is 0 Å². The van der Waals surface area contributed by atoms with Crippen LogP contribution in [-0.4, -0.2) is 35.4 Å². The highest BCUT2D eigenvalue weighted by molar-refractivity contribution is 5.81. The lowest BCUT2D eigenvalue weighted by Gasteiger charge is -2.29. The Morgan fingerprint density at radius 1 is 0.920 bits per heavy atom. The number of esters is 1. The highest BCUT2D eigenvalue weighted by Gasteiger charge is 2.76. The second-order valence-electron chi connectivity index (χ2n) is 4.44. The predicted octanol–water partition coefficient (Wildman–Crippen LogP) is 3.48. The summed E-state index contributed by atoms with van der Waals surface area (Å²) in [6, 6.07) is 3.57. The summed E-state index contributed by atoms with van der Waals surface area (Å²) in [6.07, 6.45) is -18.1. The van der Waals surface area contributed by atoms with E-state index in [1.165, 1.54) is 0 Å². The molecule has 0 saturated carbocycles. The second kappa shape index (κ2) is 6.61. The third-order valence-corrected chi connectivity index (χ3v) is 2.67. The van der Waals surface area contributed by atoms with Gasteiger partial charge in [0.25, 0.3) is 0 Å². The minimum Gasteiger partial charge on any atom is -0.458 e. The number of aliphatic hydroxyl groups is 1. The van der Waals surface area contributed by atoms with Crippen molar-refractivity contribution in [2.45, 2.75) is 30.9 Å². The van der Waals surface area contributed by atoms with Crippen LogP contribution in [0.25, 0.3) is 0 Å². The fraction of sp³-hybridized carbons (Fsp3) is 0.417. The first-order chi connectivity index (χ1) is 11.1.